The summed E-state index contributed by atoms with van der Waals surface area (Å²) in [5.74, 6) is 0.470. The molecule has 0 spiro atoms. The van der Waals surface area contributed by atoms with Gasteiger partial charge in [0, 0.05) is 18.3 Å². The van der Waals surface area contributed by atoms with E-state index in [1.54, 1.807) is 0 Å². The van der Waals surface area contributed by atoms with E-state index >= 15 is 0 Å². The minimum atomic E-state index is -0.570. The molecule has 0 N–H and O–H groups in total. The van der Waals surface area contributed by atoms with Gasteiger partial charge in [0.25, 0.3) is 0 Å². The fourth-order valence-electron chi connectivity index (χ4n) is 5.17. The summed E-state index contributed by atoms with van der Waals surface area (Å²) < 4.78 is 22.1. The molecule has 0 saturated heterocycles. The van der Waals surface area contributed by atoms with Gasteiger partial charge < -0.3 is 18.9 Å². The number of ketones is 1. The van der Waals surface area contributed by atoms with Crippen LogP contribution in [0.2, 0.25) is 0 Å². The van der Waals surface area contributed by atoms with Gasteiger partial charge in [-0.25, -0.2) is 0 Å². The summed E-state index contributed by atoms with van der Waals surface area (Å²) in [6, 6.07) is 5.75. The summed E-state index contributed by atoms with van der Waals surface area (Å²) in [5.41, 5.74) is 0.405. The van der Waals surface area contributed by atoms with Crippen molar-refractivity contribution in [1.29, 1.82) is 0 Å². The van der Waals surface area contributed by atoms with E-state index < -0.39 is 23.4 Å². The normalized spacial score (nSPS) is 32.7. The van der Waals surface area contributed by atoms with Crippen molar-refractivity contribution >= 4 is 11.8 Å². The molecule has 4 rings (SSSR count). The van der Waals surface area contributed by atoms with Gasteiger partial charge in [0.05, 0.1) is 13.0 Å². The molecular formula is C22H24O6. The van der Waals surface area contributed by atoms with Crippen molar-refractivity contribution in [3.8, 4) is 11.5 Å². The van der Waals surface area contributed by atoms with Crippen molar-refractivity contribution in [1.82, 2.24) is 0 Å². The van der Waals surface area contributed by atoms with Gasteiger partial charge in [0.1, 0.15) is 6.10 Å². The summed E-state index contributed by atoms with van der Waals surface area (Å²) in [7, 11) is 1.50. The van der Waals surface area contributed by atoms with E-state index in [2.05, 4.69) is 13.5 Å². The maximum absolute atomic E-state index is 13.2. The Kier molecular flexibility index (Phi) is 4.44. The van der Waals surface area contributed by atoms with E-state index in [1.165, 1.54) is 14.0 Å². The Labute approximate surface area is 164 Å². The number of rotatable bonds is 5. The lowest BCUT2D eigenvalue weighted by Gasteiger charge is -2.38. The van der Waals surface area contributed by atoms with Gasteiger partial charge in [-0.3, -0.25) is 9.59 Å². The number of ether oxygens (including phenoxy) is 4. The van der Waals surface area contributed by atoms with E-state index in [4.69, 9.17) is 18.9 Å². The summed E-state index contributed by atoms with van der Waals surface area (Å²) in [5, 5.41) is 0. The quantitative estimate of drug-likeness (QED) is 0.573. The highest BCUT2D eigenvalue weighted by molar-refractivity contribution is 5.99. The average Bonchev–Trinajstić information content (AvgIpc) is 3.19. The van der Waals surface area contributed by atoms with Gasteiger partial charge in [-0.15, -0.1) is 6.58 Å². The van der Waals surface area contributed by atoms with Crippen LogP contribution in [0.5, 0.6) is 11.5 Å². The lowest BCUT2D eigenvalue weighted by molar-refractivity contribution is -0.156. The number of benzene rings is 1. The lowest BCUT2D eigenvalue weighted by Crippen LogP contribution is -2.44. The van der Waals surface area contributed by atoms with Crippen LogP contribution in [0.15, 0.2) is 42.7 Å². The third-order valence-electron chi connectivity index (χ3n) is 6.37. The Morgan fingerprint density at radius 2 is 2.07 bits per heavy atom. The van der Waals surface area contributed by atoms with Crippen molar-refractivity contribution in [2.75, 3.05) is 13.9 Å². The fraction of sp³-hybridized carbons (Fsp3) is 0.455. The first kappa shape index (κ1) is 18.6. The second-order valence-corrected chi connectivity index (χ2v) is 7.67. The Balaban J connectivity index is 1.86. The van der Waals surface area contributed by atoms with E-state index in [1.807, 2.05) is 30.4 Å². The molecule has 28 heavy (non-hydrogen) atoms. The second-order valence-electron chi connectivity index (χ2n) is 7.67. The summed E-state index contributed by atoms with van der Waals surface area (Å²) in [4.78, 5) is 25.1. The molecular weight excluding hydrogens is 360 g/mol. The highest BCUT2D eigenvalue weighted by atomic mass is 16.7. The molecule has 0 radical (unpaired) electrons. The average molecular weight is 384 g/mol. The fourth-order valence-corrected chi connectivity index (χ4v) is 5.17. The van der Waals surface area contributed by atoms with E-state index in [9.17, 15) is 9.59 Å². The van der Waals surface area contributed by atoms with E-state index in [0.29, 0.717) is 23.7 Å². The number of carbonyl (C=O) groups excluding carboxylic acids is 2. The van der Waals surface area contributed by atoms with Gasteiger partial charge >= 0.3 is 5.97 Å². The van der Waals surface area contributed by atoms with Crippen LogP contribution < -0.4 is 9.47 Å². The predicted octanol–water partition coefficient (Wildman–Crippen LogP) is 3.37. The molecule has 6 heteroatoms. The Hall–Kier alpha value is -2.76. The third-order valence-corrected chi connectivity index (χ3v) is 6.37. The highest BCUT2D eigenvalue weighted by Crippen LogP contribution is 2.62. The molecule has 0 amide bonds. The van der Waals surface area contributed by atoms with Gasteiger partial charge in [-0.2, -0.15) is 0 Å². The second kappa shape index (κ2) is 6.69. The van der Waals surface area contributed by atoms with Crippen LogP contribution in [0.1, 0.15) is 31.7 Å². The van der Waals surface area contributed by atoms with Crippen molar-refractivity contribution < 1.29 is 28.5 Å². The van der Waals surface area contributed by atoms with Crippen LogP contribution in [-0.2, 0) is 19.1 Å². The molecule has 1 heterocycles. The number of fused-ring (bicyclic) bond motifs is 3. The first-order chi connectivity index (χ1) is 13.4. The summed E-state index contributed by atoms with van der Waals surface area (Å²) >= 11 is 0. The van der Waals surface area contributed by atoms with E-state index in [-0.39, 0.29) is 24.4 Å². The molecule has 2 bridgehead atoms. The van der Waals surface area contributed by atoms with Gasteiger partial charge in [-0.1, -0.05) is 19.1 Å². The first-order valence-corrected chi connectivity index (χ1v) is 9.41. The third kappa shape index (κ3) is 2.54. The molecule has 1 fully saturated rings. The largest absolute Gasteiger partial charge is 0.493 e. The van der Waals surface area contributed by atoms with Gasteiger partial charge in [0.15, 0.2) is 17.3 Å². The molecule has 148 valence electrons. The maximum atomic E-state index is 13.2. The molecule has 3 aliphatic rings. The van der Waals surface area contributed by atoms with Crippen LogP contribution in [0, 0.1) is 17.3 Å². The Morgan fingerprint density at radius 1 is 1.32 bits per heavy atom. The minimum Gasteiger partial charge on any atom is -0.493 e. The Morgan fingerprint density at radius 3 is 2.75 bits per heavy atom. The maximum Gasteiger partial charge on any atom is 0.302 e. The van der Waals surface area contributed by atoms with Crippen molar-refractivity contribution in [3.63, 3.8) is 0 Å². The van der Waals surface area contributed by atoms with Crippen LogP contribution in [0.4, 0.5) is 0 Å². The summed E-state index contributed by atoms with van der Waals surface area (Å²) in [6.07, 6.45) is 3.66. The molecule has 2 aliphatic carbocycles. The minimum absolute atomic E-state index is 0.0109. The van der Waals surface area contributed by atoms with Crippen molar-refractivity contribution in [2.45, 2.75) is 32.3 Å². The van der Waals surface area contributed by atoms with Crippen molar-refractivity contribution in [3.05, 3.63) is 48.3 Å². The van der Waals surface area contributed by atoms with Crippen LogP contribution in [-0.4, -0.2) is 31.8 Å². The number of carbonyl (C=O) groups is 2. The van der Waals surface area contributed by atoms with E-state index in [0.717, 1.165) is 5.56 Å². The molecule has 5 atom stereocenters. The van der Waals surface area contributed by atoms with Gasteiger partial charge in [0.2, 0.25) is 12.6 Å². The number of allylic oxidation sites excluding steroid dienone is 2. The molecule has 0 unspecified atom stereocenters. The van der Waals surface area contributed by atoms with Crippen molar-refractivity contribution in [2.24, 2.45) is 17.3 Å². The van der Waals surface area contributed by atoms with Gasteiger partial charge in [-0.05, 0) is 36.1 Å². The zero-order valence-corrected chi connectivity index (χ0v) is 16.3. The zero-order valence-electron chi connectivity index (χ0n) is 16.3. The Bertz CT molecular complexity index is 872. The molecule has 1 aromatic carbocycles. The molecule has 1 aliphatic heterocycles. The molecule has 0 aromatic heterocycles. The lowest BCUT2D eigenvalue weighted by atomic mass is 9.70. The number of hydrogen-bond acceptors (Lipinski definition) is 6. The van der Waals surface area contributed by atoms with Crippen LogP contribution in [0.3, 0.4) is 0 Å². The zero-order chi connectivity index (χ0) is 20.1. The summed E-state index contributed by atoms with van der Waals surface area (Å²) in [6.45, 7) is 7.56. The molecule has 1 aromatic rings. The predicted molar refractivity (Wildman–Crippen MR) is 101 cm³/mol. The first-order valence-electron chi connectivity index (χ1n) is 9.41. The SMILES string of the molecule is C=CC[C@@]12C=C(OC)C(=O)[C@@H]([C@H](c3ccc4c(c3)OCO4)[C@H]1C)[C@H]2OC(C)=O. The molecule has 1 saturated carbocycles. The highest BCUT2D eigenvalue weighted by Gasteiger charge is 2.64. The standard InChI is InChI=1S/C22H24O6/c1-5-8-22-10-17(25-4)20(24)19(21(22)28-13(3)23)18(12(22)2)14-6-7-15-16(9-14)27-11-26-15/h5-7,9-10,12,18-19,21H,1,8,11H2,2-4H3/t12-,18+,19-,21-,22-/m1/s1. The van der Waals surface area contributed by atoms with Crippen LogP contribution >= 0.6 is 0 Å². The number of Topliss-reactive ketones (excluding diaryl/α,β-unsaturated/α-hetero) is 1. The number of methoxy groups -OCH3 is 1. The molecule has 6 nitrogen and oxygen atoms in total. The number of esters is 1. The van der Waals surface area contributed by atoms with Crippen LogP contribution in [0.25, 0.3) is 0 Å². The smallest absolute Gasteiger partial charge is 0.302 e. The number of hydrogen-bond donors (Lipinski definition) is 0. The monoisotopic (exact) mass is 384 g/mol. The topological polar surface area (TPSA) is 71.1 Å².